The summed E-state index contributed by atoms with van der Waals surface area (Å²) in [6.45, 7) is 5.92. The fourth-order valence-corrected chi connectivity index (χ4v) is 2.76. The lowest BCUT2D eigenvalue weighted by atomic mass is 10.0. The summed E-state index contributed by atoms with van der Waals surface area (Å²) in [4.78, 5) is 12.3. The predicted molar refractivity (Wildman–Crippen MR) is 82.7 cm³/mol. The molecule has 0 unspecified atom stereocenters. The molecule has 2 rings (SSSR count). The predicted octanol–water partition coefficient (Wildman–Crippen LogP) is 4.77. The molecule has 0 aromatic heterocycles. The Bertz CT molecular complexity index is 659. The van der Waals surface area contributed by atoms with Gasteiger partial charge in [-0.1, -0.05) is 17.7 Å². The number of aryl methyl sites for hydroxylation is 3. The minimum atomic E-state index is -0.379. The molecule has 2 aromatic carbocycles. The van der Waals surface area contributed by atoms with Gasteiger partial charge in [0.05, 0.1) is 5.56 Å². The summed E-state index contributed by atoms with van der Waals surface area (Å²) in [5.41, 5.74) is 4.38. The quantitative estimate of drug-likeness (QED) is 0.841. The number of benzene rings is 2. The highest BCUT2D eigenvalue weighted by atomic mass is 79.9. The van der Waals surface area contributed by atoms with Gasteiger partial charge in [-0.15, -0.1) is 0 Å². The second-order valence-electron chi connectivity index (χ2n) is 4.85. The normalized spacial score (nSPS) is 10.4. The zero-order valence-electron chi connectivity index (χ0n) is 11.6. The molecule has 104 valence electrons. The third-order valence-corrected chi connectivity index (χ3v) is 3.75. The smallest absolute Gasteiger partial charge is 0.256 e. The topological polar surface area (TPSA) is 29.1 Å². The van der Waals surface area contributed by atoms with Gasteiger partial charge >= 0.3 is 0 Å². The van der Waals surface area contributed by atoms with Crippen molar-refractivity contribution >= 4 is 27.5 Å². The first-order valence-electron chi connectivity index (χ1n) is 6.22. The van der Waals surface area contributed by atoms with Crippen molar-refractivity contribution in [2.75, 3.05) is 5.32 Å². The molecule has 0 saturated heterocycles. The van der Waals surface area contributed by atoms with Crippen LogP contribution < -0.4 is 5.32 Å². The van der Waals surface area contributed by atoms with Crippen LogP contribution in [-0.2, 0) is 0 Å². The summed E-state index contributed by atoms with van der Waals surface area (Å²) in [7, 11) is 0. The molecule has 2 aromatic rings. The van der Waals surface area contributed by atoms with Crippen LogP contribution in [0.25, 0.3) is 0 Å². The second kappa shape index (κ2) is 5.75. The first-order chi connectivity index (χ1) is 9.38. The van der Waals surface area contributed by atoms with Crippen molar-refractivity contribution in [2.24, 2.45) is 0 Å². The zero-order valence-corrected chi connectivity index (χ0v) is 13.1. The van der Waals surface area contributed by atoms with Gasteiger partial charge in [0.15, 0.2) is 0 Å². The number of hydrogen-bond donors (Lipinski definition) is 1. The summed E-state index contributed by atoms with van der Waals surface area (Å²) in [5.74, 6) is -0.636. The van der Waals surface area contributed by atoms with Crippen LogP contribution in [0.3, 0.4) is 0 Å². The van der Waals surface area contributed by atoms with Crippen LogP contribution in [0.15, 0.2) is 34.8 Å². The minimum absolute atomic E-state index is 0.257. The van der Waals surface area contributed by atoms with E-state index in [9.17, 15) is 9.18 Å². The zero-order chi connectivity index (χ0) is 14.9. The molecule has 0 aliphatic carbocycles. The van der Waals surface area contributed by atoms with Gasteiger partial charge in [-0.3, -0.25) is 4.79 Å². The van der Waals surface area contributed by atoms with Crippen LogP contribution in [0.4, 0.5) is 10.1 Å². The number of carbonyl (C=O) groups is 1. The average Bonchev–Trinajstić information content (AvgIpc) is 2.33. The number of anilines is 1. The Morgan fingerprint density at radius 2 is 1.70 bits per heavy atom. The first-order valence-corrected chi connectivity index (χ1v) is 7.02. The van der Waals surface area contributed by atoms with Gasteiger partial charge in [0.2, 0.25) is 0 Å². The maximum absolute atomic E-state index is 13.0. The van der Waals surface area contributed by atoms with Crippen molar-refractivity contribution in [1.29, 1.82) is 0 Å². The molecule has 0 bridgehead atoms. The van der Waals surface area contributed by atoms with Crippen molar-refractivity contribution in [1.82, 2.24) is 0 Å². The lowest BCUT2D eigenvalue weighted by Crippen LogP contribution is -2.14. The fraction of sp³-hybridized carbons (Fsp3) is 0.188. The van der Waals surface area contributed by atoms with Crippen LogP contribution in [0, 0.1) is 26.6 Å². The number of nitrogens with one attached hydrogen (secondary N) is 1. The van der Waals surface area contributed by atoms with Crippen molar-refractivity contribution in [3.8, 4) is 0 Å². The van der Waals surface area contributed by atoms with Gasteiger partial charge in [-0.25, -0.2) is 4.39 Å². The van der Waals surface area contributed by atoms with E-state index in [-0.39, 0.29) is 11.7 Å². The average molecular weight is 336 g/mol. The maximum atomic E-state index is 13.0. The second-order valence-corrected chi connectivity index (χ2v) is 5.71. The van der Waals surface area contributed by atoms with E-state index >= 15 is 0 Å². The van der Waals surface area contributed by atoms with Crippen LogP contribution in [0.1, 0.15) is 27.0 Å². The molecule has 0 fully saturated rings. The first kappa shape index (κ1) is 14.7. The molecule has 1 N–H and O–H groups in total. The van der Waals surface area contributed by atoms with Crippen LogP contribution in [0.2, 0.25) is 0 Å². The Hall–Kier alpha value is -1.68. The maximum Gasteiger partial charge on any atom is 0.256 e. The largest absolute Gasteiger partial charge is 0.321 e. The Morgan fingerprint density at radius 1 is 1.10 bits per heavy atom. The Balaban J connectivity index is 2.33. The van der Waals surface area contributed by atoms with Gasteiger partial charge in [0.25, 0.3) is 5.91 Å². The van der Waals surface area contributed by atoms with Crippen molar-refractivity contribution in [2.45, 2.75) is 20.8 Å². The van der Waals surface area contributed by atoms with Gasteiger partial charge < -0.3 is 5.32 Å². The van der Waals surface area contributed by atoms with Crippen LogP contribution in [-0.4, -0.2) is 5.91 Å². The standard InChI is InChI=1S/C16H15BrFNO/c1-9-6-10(2)15(11(3)7-9)19-16(20)13-5-4-12(18)8-14(13)17/h4-8H,1-3H3,(H,19,20). The number of carbonyl (C=O) groups excluding carboxylic acids is 1. The van der Waals surface area contributed by atoms with Gasteiger partial charge in [-0.2, -0.15) is 0 Å². The molecule has 0 saturated carbocycles. The highest BCUT2D eigenvalue weighted by Crippen LogP contribution is 2.24. The van der Waals surface area contributed by atoms with E-state index < -0.39 is 0 Å². The summed E-state index contributed by atoms with van der Waals surface area (Å²) >= 11 is 3.21. The van der Waals surface area contributed by atoms with Crippen molar-refractivity contribution < 1.29 is 9.18 Å². The Labute approximate surface area is 126 Å². The molecule has 1 amide bonds. The van der Waals surface area contributed by atoms with E-state index in [0.717, 1.165) is 22.4 Å². The molecule has 0 radical (unpaired) electrons. The third kappa shape index (κ3) is 3.07. The van der Waals surface area contributed by atoms with Crippen LogP contribution >= 0.6 is 15.9 Å². The molecule has 0 spiro atoms. The molecular weight excluding hydrogens is 321 g/mol. The highest BCUT2D eigenvalue weighted by molar-refractivity contribution is 9.10. The molecule has 0 heterocycles. The summed E-state index contributed by atoms with van der Waals surface area (Å²) in [6.07, 6.45) is 0. The van der Waals surface area contributed by atoms with Crippen molar-refractivity contribution in [3.63, 3.8) is 0 Å². The number of hydrogen-bond acceptors (Lipinski definition) is 1. The monoisotopic (exact) mass is 335 g/mol. The number of amides is 1. The van der Waals surface area contributed by atoms with Crippen LogP contribution in [0.5, 0.6) is 0 Å². The van der Waals surface area contributed by atoms with E-state index in [1.54, 1.807) is 0 Å². The Morgan fingerprint density at radius 3 is 2.25 bits per heavy atom. The molecule has 2 nitrogen and oxygen atoms in total. The molecule has 0 aliphatic heterocycles. The SMILES string of the molecule is Cc1cc(C)c(NC(=O)c2ccc(F)cc2Br)c(C)c1. The van der Waals surface area contributed by atoms with E-state index in [4.69, 9.17) is 0 Å². The minimum Gasteiger partial charge on any atom is -0.321 e. The lowest BCUT2D eigenvalue weighted by Gasteiger charge is -2.13. The van der Waals surface area contributed by atoms with Gasteiger partial charge in [0, 0.05) is 10.2 Å². The van der Waals surface area contributed by atoms with Gasteiger partial charge in [0.1, 0.15) is 5.82 Å². The number of rotatable bonds is 2. The molecule has 4 heteroatoms. The van der Waals surface area contributed by atoms with Gasteiger partial charge in [-0.05, 0) is 66.0 Å². The fourth-order valence-electron chi connectivity index (χ4n) is 2.23. The molecule has 20 heavy (non-hydrogen) atoms. The summed E-state index contributed by atoms with van der Waals surface area (Å²) in [6, 6.07) is 8.05. The van der Waals surface area contributed by atoms with E-state index in [1.807, 2.05) is 32.9 Å². The van der Waals surface area contributed by atoms with E-state index in [2.05, 4.69) is 21.2 Å². The molecule has 0 aliphatic rings. The Kier molecular flexibility index (Phi) is 4.23. The number of halogens is 2. The third-order valence-electron chi connectivity index (χ3n) is 3.09. The lowest BCUT2D eigenvalue weighted by molar-refractivity contribution is 0.102. The van der Waals surface area contributed by atoms with E-state index in [0.29, 0.717) is 10.0 Å². The molecular formula is C16H15BrFNO. The summed E-state index contributed by atoms with van der Waals surface area (Å²) in [5, 5.41) is 2.89. The highest BCUT2D eigenvalue weighted by Gasteiger charge is 2.13. The van der Waals surface area contributed by atoms with Crippen molar-refractivity contribution in [3.05, 3.63) is 62.9 Å². The molecule has 0 atom stereocenters. The summed E-state index contributed by atoms with van der Waals surface area (Å²) < 4.78 is 13.5. The van der Waals surface area contributed by atoms with E-state index in [1.165, 1.54) is 18.2 Å².